The van der Waals surface area contributed by atoms with Gasteiger partial charge in [0.15, 0.2) is 0 Å². The minimum atomic E-state index is -0.591. The van der Waals surface area contributed by atoms with E-state index in [1.807, 2.05) is 4.90 Å². The number of aromatic nitrogens is 2. The number of anilines is 1. The molecule has 0 aliphatic carbocycles. The molecule has 0 atom stereocenters. The van der Waals surface area contributed by atoms with Gasteiger partial charge in [-0.05, 0) is 18.2 Å². The van der Waals surface area contributed by atoms with Crippen LogP contribution in [0.5, 0.6) is 0 Å². The number of amides is 1. The van der Waals surface area contributed by atoms with Crippen molar-refractivity contribution in [3.05, 3.63) is 53.1 Å². The summed E-state index contributed by atoms with van der Waals surface area (Å²) in [4.78, 5) is 24.4. The number of hydrogen-bond acceptors (Lipinski definition) is 4. The largest absolute Gasteiger partial charge is 0.337 e. The minimum absolute atomic E-state index is 0.0615. The molecule has 0 spiro atoms. The fraction of sp³-hybridized carbons (Fsp3) is 0.267. The third kappa shape index (κ3) is 2.87. The number of rotatable bonds is 2. The Bertz CT molecular complexity index is 654. The highest BCUT2D eigenvalue weighted by atomic mass is 35.5. The lowest BCUT2D eigenvalue weighted by Gasteiger charge is -2.34. The highest BCUT2D eigenvalue weighted by molar-refractivity contribution is 6.33. The van der Waals surface area contributed by atoms with Gasteiger partial charge in [-0.15, -0.1) is 0 Å². The highest BCUT2D eigenvalue weighted by Gasteiger charge is 2.26. The predicted octanol–water partition coefficient (Wildman–Crippen LogP) is 2.23. The van der Waals surface area contributed by atoms with E-state index in [0.717, 1.165) is 0 Å². The van der Waals surface area contributed by atoms with Crippen molar-refractivity contribution in [1.82, 2.24) is 14.9 Å². The molecule has 7 heteroatoms. The van der Waals surface area contributed by atoms with Crippen molar-refractivity contribution in [2.24, 2.45) is 0 Å². The zero-order valence-corrected chi connectivity index (χ0v) is 12.5. The average molecular weight is 321 g/mol. The number of halogens is 2. The second-order valence-electron chi connectivity index (χ2n) is 4.92. The van der Waals surface area contributed by atoms with Gasteiger partial charge in [-0.2, -0.15) is 0 Å². The molecule has 1 aliphatic heterocycles. The molecule has 5 nitrogen and oxygen atoms in total. The summed E-state index contributed by atoms with van der Waals surface area (Å²) < 4.78 is 13.8. The molecule has 2 heterocycles. The lowest BCUT2D eigenvalue weighted by molar-refractivity contribution is 0.0741. The van der Waals surface area contributed by atoms with Gasteiger partial charge in [0.2, 0.25) is 5.95 Å². The summed E-state index contributed by atoms with van der Waals surface area (Å²) in [5.74, 6) is -0.332. The maximum Gasteiger partial charge on any atom is 0.258 e. The average Bonchev–Trinajstić information content (AvgIpc) is 2.55. The molecule has 22 heavy (non-hydrogen) atoms. The zero-order chi connectivity index (χ0) is 15.5. The van der Waals surface area contributed by atoms with E-state index in [-0.39, 0.29) is 16.5 Å². The van der Waals surface area contributed by atoms with E-state index >= 15 is 0 Å². The first kappa shape index (κ1) is 14.7. The van der Waals surface area contributed by atoms with Gasteiger partial charge in [0.1, 0.15) is 5.82 Å². The molecular formula is C15H14ClFN4O. The van der Waals surface area contributed by atoms with Crippen LogP contribution in [-0.4, -0.2) is 47.0 Å². The van der Waals surface area contributed by atoms with Gasteiger partial charge in [-0.1, -0.05) is 17.7 Å². The molecule has 1 fully saturated rings. The predicted molar refractivity (Wildman–Crippen MR) is 81.6 cm³/mol. The summed E-state index contributed by atoms with van der Waals surface area (Å²) in [7, 11) is 0. The minimum Gasteiger partial charge on any atom is -0.337 e. The molecule has 2 aromatic rings. The van der Waals surface area contributed by atoms with Crippen LogP contribution in [0, 0.1) is 5.82 Å². The maximum atomic E-state index is 13.8. The molecule has 1 saturated heterocycles. The second-order valence-corrected chi connectivity index (χ2v) is 5.33. The maximum absolute atomic E-state index is 13.8. The molecule has 1 amide bonds. The van der Waals surface area contributed by atoms with Crippen LogP contribution in [0.4, 0.5) is 10.3 Å². The molecule has 1 aromatic heterocycles. The Morgan fingerprint density at radius 2 is 1.77 bits per heavy atom. The number of carbonyl (C=O) groups excluding carboxylic acids is 1. The SMILES string of the molecule is O=C(c1c(F)cccc1Cl)N1CCN(c2ncccn2)CC1. The topological polar surface area (TPSA) is 49.3 Å². The Morgan fingerprint density at radius 3 is 2.41 bits per heavy atom. The summed E-state index contributed by atoms with van der Waals surface area (Å²) in [6, 6.07) is 6.00. The summed E-state index contributed by atoms with van der Waals surface area (Å²) in [6.45, 7) is 2.15. The number of benzene rings is 1. The van der Waals surface area contributed by atoms with Crippen molar-refractivity contribution in [2.45, 2.75) is 0 Å². The zero-order valence-electron chi connectivity index (χ0n) is 11.7. The van der Waals surface area contributed by atoms with Crippen LogP contribution in [0.2, 0.25) is 5.02 Å². The molecule has 0 saturated carbocycles. The van der Waals surface area contributed by atoms with Crippen LogP contribution in [-0.2, 0) is 0 Å². The fourth-order valence-electron chi connectivity index (χ4n) is 2.42. The third-order valence-corrected chi connectivity index (χ3v) is 3.89. The second kappa shape index (κ2) is 6.27. The van der Waals surface area contributed by atoms with Crippen molar-refractivity contribution in [1.29, 1.82) is 0 Å². The van der Waals surface area contributed by atoms with Gasteiger partial charge in [-0.25, -0.2) is 14.4 Å². The Hall–Kier alpha value is -2.21. The van der Waals surface area contributed by atoms with E-state index in [4.69, 9.17) is 11.6 Å². The Labute approximate surface area is 132 Å². The van der Waals surface area contributed by atoms with E-state index in [1.165, 1.54) is 18.2 Å². The number of piperazine rings is 1. The Kier molecular flexibility index (Phi) is 4.20. The van der Waals surface area contributed by atoms with Crippen LogP contribution in [0.1, 0.15) is 10.4 Å². The van der Waals surface area contributed by atoms with Gasteiger partial charge in [0.05, 0.1) is 10.6 Å². The number of nitrogens with zero attached hydrogens (tertiary/aromatic N) is 4. The summed E-state index contributed by atoms with van der Waals surface area (Å²) in [5.41, 5.74) is -0.0615. The van der Waals surface area contributed by atoms with Gasteiger partial charge < -0.3 is 9.80 Å². The van der Waals surface area contributed by atoms with E-state index in [0.29, 0.717) is 32.1 Å². The quantitative estimate of drug-likeness (QED) is 0.851. The Morgan fingerprint density at radius 1 is 1.09 bits per heavy atom. The van der Waals surface area contributed by atoms with Crippen LogP contribution >= 0.6 is 11.6 Å². The standard InChI is InChI=1S/C15H14ClFN4O/c16-11-3-1-4-12(17)13(11)14(22)20-7-9-21(10-8-20)15-18-5-2-6-19-15/h1-6H,7-10H2. The summed E-state index contributed by atoms with van der Waals surface area (Å²) in [5, 5.41) is 0.138. The van der Waals surface area contributed by atoms with Crippen LogP contribution in [0.25, 0.3) is 0 Å². The Balaban J connectivity index is 1.70. The first-order chi connectivity index (χ1) is 10.7. The van der Waals surface area contributed by atoms with Crippen molar-refractivity contribution in [2.75, 3.05) is 31.1 Å². The van der Waals surface area contributed by atoms with Crippen LogP contribution in [0.15, 0.2) is 36.7 Å². The monoisotopic (exact) mass is 320 g/mol. The summed E-state index contributed by atoms with van der Waals surface area (Å²) in [6.07, 6.45) is 3.36. The lowest BCUT2D eigenvalue weighted by atomic mass is 10.1. The highest BCUT2D eigenvalue weighted by Crippen LogP contribution is 2.22. The van der Waals surface area contributed by atoms with E-state index in [2.05, 4.69) is 9.97 Å². The molecule has 0 bridgehead atoms. The number of carbonyl (C=O) groups is 1. The van der Waals surface area contributed by atoms with E-state index in [1.54, 1.807) is 23.4 Å². The molecule has 3 rings (SSSR count). The van der Waals surface area contributed by atoms with Crippen molar-refractivity contribution in [3.63, 3.8) is 0 Å². The van der Waals surface area contributed by atoms with Gasteiger partial charge in [0, 0.05) is 38.6 Å². The molecule has 0 N–H and O–H groups in total. The van der Waals surface area contributed by atoms with Crippen LogP contribution < -0.4 is 4.90 Å². The first-order valence-electron chi connectivity index (χ1n) is 6.92. The van der Waals surface area contributed by atoms with Crippen LogP contribution in [0.3, 0.4) is 0 Å². The number of hydrogen-bond donors (Lipinski definition) is 0. The smallest absolute Gasteiger partial charge is 0.258 e. The van der Waals surface area contributed by atoms with Gasteiger partial charge in [-0.3, -0.25) is 4.79 Å². The first-order valence-corrected chi connectivity index (χ1v) is 7.30. The normalized spacial score (nSPS) is 15.0. The van der Waals surface area contributed by atoms with Crippen molar-refractivity contribution < 1.29 is 9.18 Å². The van der Waals surface area contributed by atoms with E-state index < -0.39 is 5.82 Å². The summed E-state index contributed by atoms with van der Waals surface area (Å²) >= 11 is 5.95. The van der Waals surface area contributed by atoms with E-state index in [9.17, 15) is 9.18 Å². The molecule has 0 unspecified atom stereocenters. The van der Waals surface area contributed by atoms with Crippen molar-refractivity contribution in [3.8, 4) is 0 Å². The third-order valence-electron chi connectivity index (χ3n) is 3.58. The molecule has 1 aromatic carbocycles. The molecular weight excluding hydrogens is 307 g/mol. The lowest BCUT2D eigenvalue weighted by Crippen LogP contribution is -2.49. The van der Waals surface area contributed by atoms with Gasteiger partial charge in [0.25, 0.3) is 5.91 Å². The molecule has 0 radical (unpaired) electrons. The van der Waals surface area contributed by atoms with Gasteiger partial charge >= 0.3 is 0 Å². The molecule has 1 aliphatic rings. The molecule has 114 valence electrons. The van der Waals surface area contributed by atoms with Crippen molar-refractivity contribution >= 4 is 23.5 Å². The fourth-order valence-corrected chi connectivity index (χ4v) is 2.67.